The van der Waals surface area contributed by atoms with E-state index in [0.717, 1.165) is 13.0 Å². The van der Waals surface area contributed by atoms with Crippen molar-refractivity contribution in [3.63, 3.8) is 0 Å². The lowest BCUT2D eigenvalue weighted by Gasteiger charge is -2.13. The van der Waals surface area contributed by atoms with Gasteiger partial charge in [0.2, 0.25) is 0 Å². The second-order valence-electron chi connectivity index (χ2n) is 5.30. The first-order valence-corrected chi connectivity index (χ1v) is 7.10. The van der Waals surface area contributed by atoms with Gasteiger partial charge >= 0.3 is 0 Å². The van der Waals surface area contributed by atoms with E-state index in [1.54, 1.807) is 0 Å². The summed E-state index contributed by atoms with van der Waals surface area (Å²) in [7, 11) is 1.99. The Kier molecular flexibility index (Phi) is 3.38. The second kappa shape index (κ2) is 5.17. The molecule has 0 aliphatic heterocycles. The normalized spacial score (nSPS) is 17.7. The zero-order valence-electron chi connectivity index (χ0n) is 11.7. The van der Waals surface area contributed by atoms with Crippen molar-refractivity contribution in [1.29, 1.82) is 0 Å². The summed E-state index contributed by atoms with van der Waals surface area (Å²) in [4.78, 5) is 0. The minimum absolute atomic E-state index is 0.501. The topological polar surface area (TPSA) is 29.9 Å². The molecule has 1 aromatic carbocycles. The van der Waals surface area contributed by atoms with Gasteiger partial charge in [-0.15, -0.1) is 0 Å². The van der Waals surface area contributed by atoms with Crippen molar-refractivity contribution in [2.24, 2.45) is 7.05 Å². The molecule has 0 bridgehead atoms. The van der Waals surface area contributed by atoms with Gasteiger partial charge < -0.3 is 5.32 Å². The molecule has 0 fully saturated rings. The van der Waals surface area contributed by atoms with Crippen molar-refractivity contribution in [3.05, 3.63) is 52.8 Å². The van der Waals surface area contributed by atoms with Crippen molar-refractivity contribution in [2.75, 3.05) is 0 Å². The summed E-state index contributed by atoms with van der Waals surface area (Å²) in [6, 6.07) is 9.28. The molecule has 100 valence electrons. The monoisotopic (exact) mass is 255 g/mol. The van der Waals surface area contributed by atoms with Gasteiger partial charge in [0.15, 0.2) is 0 Å². The van der Waals surface area contributed by atoms with Crippen LogP contribution in [0.1, 0.15) is 41.8 Å². The van der Waals surface area contributed by atoms with E-state index in [1.165, 1.54) is 35.2 Å². The Balaban J connectivity index is 1.70. The molecule has 19 heavy (non-hydrogen) atoms. The molecule has 1 N–H and O–H groups in total. The van der Waals surface area contributed by atoms with Gasteiger partial charge in [-0.05, 0) is 30.4 Å². The van der Waals surface area contributed by atoms with Crippen LogP contribution in [-0.4, -0.2) is 9.78 Å². The maximum absolute atomic E-state index is 4.50. The standard InChI is InChI=1S/C16H21N3/c1-3-15-13(11-19(2)18-15)10-17-16-9-8-12-6-4-5-7-14(12)16/h4-7,11,16-17H,3,8-10H2,1-2H3. The van der Waals surface area contributed by atoms with Crippen molar-refractivity contribution < 1.29 is 0 Å². The molecule has 0 saturated carbocycles. The Hall–Kier alpha value is -1.61. The van der Waals surface area contributed by atoms with Gasteiger partial charge in [-0.3, -0.25) is 4.68 Å². The molecule has 1 atom stereocenters. The zero-order chi connectivity index (χ0) is 13.2. The van der Waals surface area contributed by atoms with Crippen molar-refractivity contribution >= 4 is 0 Å². The number of hydrogen-bond acceptors (Lipinski definition) is 2. The van der Waals surface area contributed by atoms with E-state index in [9.17, 15) is 0 Å². The van der Waals surface area contributed by atoms with Crippen LogP contribution in [0.25, 0.3) is 0 Å². The highest BCUT2D eigenvalue weighted by molar-refractivity contribution is 5.34. The lowest BCUT2D eigenvalue weighted by molar-refractivity contribution is 0.528. The SMILES string of the molecule is CCc1nn(C)cc1CNC1CCc2ccccc21. The van der Waals surface area contributed by atoms with E-state index >= 15 is 0 Å². The van der Waals surface area contributed by atoms with Gasteiger partial charge in [0.05, 0.1) is 5.69 Å². The highest BCUT2D eigenvalue weighted by Gasteiger charge is 2.21. The van der Waals surface area contributed by atoms with Crippen LogP contribution < -0.4 is 5.32 Å². The van der Waals surface area contributed by atoms with Crippen LogP contribution in [-0.2, 0) is 26.4 Å². The van der Waals surface area contributed by atoms with E-state index in [2.05, 4.69) is 47.8 Å². The fraction of sp³-hybridized carbons (Fsp3) is 0.438. The van der Waals surface area contributed by atoms with Gasteiger partial charge in [0, 0.05) is 31.4 Å². The van der Waals surface area contributed by atoms with E-state index < -0.39 is 0 Å². The number of nitrogens with zero attached hydrogens (tertiary/aromatic N) is 2. The van der Waals surface area contributed by atoms with Crippen molar-refractivity contribution in [1.82, 2.24) is 15.1 Å². The largest absolute Gasteiger partial charge is 0.306 e. The zero-order valence-corrected chi connectivity index (χ0v) is 11.7. The fourth-order valence-electron chi connectivity index (χ4n) is 3.03. The molecule has 1 aliphatic carbocycles. The number of aryl methyl sites for hydroxylation is 3. The van der Waals surface area contributed by atoms with Crippen molar-refractivity contribution in [3.8, 4) is 0 Å². The van der Waals surface area contributed by atoms with Crippen LogP contribution in [0.3, 0.4) is 0 Å². The number of nitrogens with one attached hydrogen (secondary N) is 1. The lowest BCUT2D eigenvalue weighted by Crippen LogP contribution is -2.19. The summed E-state index contributed by atoms with van der Waals surface area (Å²) in [5.74, 6) is 0. The average Bonchev–Trinajstić information content (AvgIpc) is 2.99. The molecule has 2 aromatic rings. The van der Waals surface area contributed by atoms with Crippen molar-refractivity contribution in [2.45, 2.75) is 38.8 Å². The molecule has 3 rings (SSSR count). The Morgan fingerprint density at radius 3 is 3.05 bits per heavy atom. The second-order valence-corrected chi connectivity index (χ2v) is 5.30. The third kappa shape index (κ3) is 2.43. The molecule has 0 amide bonds. The number of hydrogen-bond donors (Lipinski definition) is 1. The molecule has 3 heteroatoms. The number of benzene rings is 1. The summed E-state index contributed by atoms with van der Waals surface area (Å²) >= 11 is 0. The quantitative estimate of drug-likeness (QED) is 0.910. The number of aromatic nitrogens is 2. The van der Waals surface area contributed by atoms with Crippen LogP contribution in [0.15, 0.2) is 30.5 Å². The van der Waals surface area contributed by atoms with Gasteiger partial charge in [-0.25, -0.2) is 0 Å². The molecule has 0 spiro atoms. The molecule has 3 nitrogen and oxygen atoms in total. The van der Waals surface area contributed by atoms with Crippen LogP contribution >= 0.6 is 0 Å². The molecule has 0 radical (unpaired) electrons. The fourth-order valence-corrected chi connectivity index (χ4v) is 3.03. The minimum Gasteiger partial charge on any atom is -0.306 e. The first-order chi connectivity index (χ1) is 9.28. The molecule has 1 aromatic heterocycles. The van der Waals surface area contributed by atoms with Crippen LogP contribution in [0.4, 0.5) is 0 Å². The van der Waals surface area contributed by atoms with E-state index in [1.807, 2.05) is 11.7 Å². The summed E-state index contributed by atoms with van der Waals surface area (Å²) in [6.07, 6.45) is 5.54. The molecule has 1 aliphatic rings. The van der Waals surface area contributed by atoms with Gasteiger partial charge in [-0.1, -0.05) is 31.2 Å². The Bertz CT molecular complexity index is 571. The maximum Gasteiger partial charge on any atom is 0.0666 e. The van der Waals surface area contributed by atoms with E-state index in [-0.39, 0.29) is 0 Å². The Morgan fingerprint density at radius 2 is 2.21 bits per heavy atom. The first kappa shape index (κ1) is 12.4. The first-order valence-electron chi connectivity index (χ1n) is 7.10. The van der Waals surface area contributed by atoms with Gasteiger partial charge in [-0.2, -0.15) is 5.10 Å². The lowest BCUT2D eigenvalue weighted by atomic mass is 10.1. The van der Waals surface area contributed by atoms with Gasteiger partial charge in [0.1, 0.15) is 0 Å². The molecular weight excluding hydrogens is 234 g/mol. The Labute approximate surface area is 114 Å². The van der Waals surface area contributed by atoms with E-state index in [0.29, 0.717) is 6.04 Å². The minimum atomic E-state index is 0.501. The third-order valence-electron chi connectivity index (χ3n) is 4.00. The molecular formula is C16H21N3. The summed E-state index contributed by atoms with van der Waals surface area (Å²) in [5, 5.41) is 8.18. The summed E-state index contributed by atoms with van der Waals surface area (Å²) < 4.78 is 1.92. The molecule has 0 saturated heterocycles. The summed E-state index contributed by atoms with van der Waals surface area (Å²) in [6.45, 7) is 3.08. The highest BCUT2D eigenvalue weighted by Crippen LogP contribution is 2.30. The van der Waals surface area contributed by atoms with E-state index in [4.69, 9.17) is 0 Å². The molecule has 1 unspecified atom stereocenters. The maximum atomic E-state index is 4.50. The highest BCUT2D eigenvalue weighted by atomic mass is 15.3. The smallest absolute Gasteiger partial charge is 0.0666 e. The summed E-state index contributed by atoms with van der Waals surface area (Å²) in [5.41, 5.74) is 5.52. The van der Waals surface area contributed by atoms with Gasteiger partial charge in [0.25, 0.3) is 0 Å². The predicted octanol–water partition coefficient (Wildman–Crippen LogP) is 2.76. The Morgan fingerprint density at radius 1 is 1.37 bits per heavy atom. The average molecular weight is 255 g/mol. The van der Waals surface area contributed by atoms with Crippen LogP contribution in [0.5, 0.6) is 0 Å². The predicted molar refractivity (Wildman–Crippen MR) is 76.9 cm³/mol. The molecule has 1 heterocycles. The van der Waals surface area contributed by atoms with Crippen LogP contribution in [0, 0.1) is 0 Å². The number of rotatable bonds is 4. The third-order valence-corrected chi connectivity index (χ3v) is 4.00. The number of fused-ring (bicyclic) bond motifs is 1. The van der Waals surface area contributed by atoms with Crippen LogP contribution in [0.2, 0.25) is 0 Å².